The summed E-state index contributed by atoms with van der Waals surface area (Å²) >= 11 is 6.11. The van der Waals surface area contributed by atoms with Gasteiger partial charge in [0.05, 0.1) is 29.2 Å². The zero-order chi connectivity index (χ0) is 21.8. The third-order valence-corrected chi connectivity index (χ3v) is 4.80. The molecule has 1 aliphatic heterocycles. The van der Waals surface area contributed by atoms with E-state index in [2.05, 4.69) is 0 Å². The van der Waals surface area contributed by atoms with Crippen LogP contribution in [0.15, 0.2) is 53.6 Å². The molecule has 9 heteroatoms. The van der Waals surface area contributed by atoms with E-state index in [4.69, 9.17) is 16.3 Å². The number of nitrogens with zero attached hydrogens (tertiary/aromatic N) is 2. The molecule has 1 aliphatic rings. The molecule has 2 aromatic carbocycles. The minimum atomic E-state index is -0.651. The Kier molecular flexibility index (Phi) is 6.27. The lowest BCUT2D eigenvalue weighted by Gasteiger charge is -2.15. The second kappa shape index (κ2) is 8.87. The average Bonchev–Trinajstić information content (AvgIpc) is 2.95. The molecule has 0 fully saturated rings. The van der Waals surface area contributed by atoms with E-state index >= 15 is 0 Å². The van der Waals surface area contributed by atoms with Gasteiger partial charge in [-0.05, 0) is 41.8 Å². The molecule has 0 spiro atoms. The molecule has 0 bridgehead atoms. The number of carbonyl (C=O) groups excluding carboxylic acids is 3. The highest BCUT2D eigenvalue weighted by molar-refractivity contribution is 6.55. The van der Waals surface area contributed by atoms with Gasteiger partial charge in [-0.25, -0.2) is 4.79 Å². The minimum absolute atomic E-state index is 0.00340. The minimum Gasteiger partial charge on any atom is -0.462 e. The van der Waals surface area contributed by atoms with E-state index in [9.17, 15) is 24.5 Å². The zero-order valence-electron chi connectivity index (χ0n) is 16.0. The van der Waals surface area contributed by atoms with Gasteiger partial charge in [0.15, 0.2) is 0 Å². The monoisotopic (exact) mass is 428 g/mol. The zero-order valence-corrected chi connectivity index (χ0v) is 16.7. The fourth-order valence-corrected chi connectivity index (χ4v) is 3.19. The molecule has 2 aromatic rings. The summed E-state index contributed by atoms with van der Waals surface area (Å²) in [4.78, 5) is 48.4. The standard InChI is InChI=1S/C21H17ClN2O6/c1-2-11-30-21(27)15-5-3-13(4-6-15)12-23-19(25)17(18(22)20(23)26)14-7-9-16(10-8-14)24(28)29/h3-10H,2,11-12H2,1H3. The van der Waals surface area contributed by atoms with Crippen LogP contribution in [0.25, 0.3) is 5.57 Å². The molecule has 2 amide bonds. The molecular formula is C21H17ClN2O6. The van der Waals surface area contributed by atoms with E-state index in [0.717, 1.165) is 4.90 Å². The van der Waals surface area contributed by atoms with Crippen molar-refractivity contribution in [2.45, 2.75) is 19.9 Å². The number of halogens is 1. The molecule has 0 radical (unpaired) electrons. The number of hydrogen-bond donors (Lipinski definition) is 0. The summed E-state index contributed by atoms with van der Waals surface area (Å²) in [7, 11) is 0. The van der Waals surface area contributed by atoms with Crippen LogP contribution < -0.4 is 0 Å². The molecule has 8 nitrogen and oxygen atoms in total. The quantitative estimate of drug-likeness (QED) is 0.288. The summed E-state index contributed by atoms with van der Waals surface area (Å²) in [5.41, 5.74) is 1.17. The van der Waals surface area contributed by atoms with E-state index in [0.29, 0.717) is 29.7 Å². The number of carbonyl (C=O) groups is 3. The van der Waals surface area contributed by atoms with Crippen molar-refractivity contribution in [3.63, 3.8) is 0 Å². The summed E-state index contributed by atoms with van der Waals surface area (Å²) in [6, 6.07) is 11.6. The summed E-state index contributed by atoms with van der Waals surface area (Å²) in [5.74, 6) is -1.69. The lowest BCUT2D eigenvalue weighted by Crippen LogP contribution is -2.30. The molecule has 30 heavy (non-hydrogen) atoms. The summed E-state index contributed by atoms with van der Waals surface area (Å²) in [5, 5.41) is 10.6. The Morgan fingerprint density at radius 1 is 1.07 bits per heavy atom. The molecule has 0 N–H and O–H groups in total. The first-order valence-electron chi connectivity index (χ1n) is 9.10. The fourth-order valence-electron chi connectivity index (χ4n) is 2.90. The molecule has 3 rings (SSSR count). The Hall–Kier alpha value is -3.52. The second-order valence-corrected chi connectivity index (χ2v) is 6.90. The maximum atomic E-state index is 12.8. The Morgan fingerprint density at radius 2 is 1.70 bits per heavy atom. The van der Waals surface area contributed by atoms with Gasteiger partial charge < -0.3 is 4.74 Å². The number of nitro benzene ring substituents is 1. The van der Waals surface area contributed by atoms with Crippen LogP contribution in [0.2, 0.25) is 0 Å². The highest BCUT2D eigenvalue weighted by Crippen LogP contribution is 2.33. The predicted octanol–water partition coefficient (Wildman–Crippen LogP) is 3.68. The third-order valence-electron chi connectivity index (χ3n) is 4.45. The first kappa shape index (κ1) is 21.2. The number of hydrogen-bond acceptors (Lipinski definition) is 6. The van der Waals surface area contributed by atoms with Crippen LogP contribution in [0.1, 0.15) is 34.8 Å². The number of benzene rings is 2. The van der Waals surface area contributed by atoms with Crippen LogP contribution in [0.5, 0.6) is 0 Å². The second-order valence-electron chi connectivity index (χ2n) is 6.52. The van der Waals surface area contributed by atoms with Gasteiger partial charge in [0.2, 0.25) is 0 Å². The molecule has 0 unspecified atom stereocenters. The van der Waals surface area contributed by atoms with Gasteiger partial charge in [-0.1, -0.05) is 30.7 Å². The fraction of sp³-hybridized carbons (Fsp3) is 0.190. The maximum Gasteiger partial charge on any atom is 0.338 e. The van der Waals surface area contributed by atoms with Gasteiger partial charge >= 0.3 is 5.97 Å². The van der Waals surface area contributed by atoms with Gasteiger partial charge in [-0.2, -0.15) is 0 Å². The number of amides is 2. The number of ether oxygens (including phenoxy) is 1. The molecule has 0 saturated heterocycles. The van der Waals surface area contributed by atoms with Gasteiger partial charge in [-0.3, -0.25) is 24.6 Å². The number of non-ortho nitro benzene ring substituents is 1. The van der Waals surface area contributed by atoms with Crippen molar-refractivity contribution < 1.29 is 24.0 Å². The van der Waals surface area contributed by atoms with Crippen molar-refractivity contribution in [1.29, 1.82) is 0 Å². The lowest BCUT2D eigenvalue weighted by molar-refractivity contribution is -0.384. The third kappa shape index (κ3) is 4.23. The Bertz CT molecular complexity index is 1040. The van der Waals surface area contributed by atoms with Crippen molar-refractivity contribution in [2.75, 3.05) is 6.61 Å². The Balaban J connectivity index is 1.76. The number of esters is 1. The normalized spacial score (nSPS) is 13.7. The summed E-state index contributed by atoms with van der Waals surface area (Å²) in [6.07, 6.45) is 0.716. The van der Waals surface area contributed by atoms with E-state index in [1.54, 1.807) is 24.3 Å². The molecule has 0 aliphatic carbocycles. The number of imide groups is 1. The van der Waals surface area contributed by atoms with Crippen LogP contribution in [0.3, 0.4) is 0 Å². The molecule has 0 atom stereocenters. The highest BCUT2D eigenvalue weighted by atomic mass is 35.5. The van der Waals surface area contributed by atoms with Crippen LogP contribution in [-0.2, 0) is 20.9 Å². The van der Waals surface area contributed by atoms with E-state index < -0.39 is 22.7 Å². The van der Waals surface area contributed by atoms with Crippen molar-refractivity contribution in [3.05, 3.63) is 80.4 Å². The SMILES string of the molecule is CCCOC(=O)c1ccc(CN2C(=O)C(Cl)=C(c3ccc([N+](=O)[O-])cc3)C2=O)cc1. The van der Waals surface area contributed by atoms with Crippen LogP contribution in [0.4, 0.5) is 5.69 Å². The van der Waals surface area contributed by atoms with Crippen molar-refractivity contribution in [3.8, 4) is 0 Å². The Morgan fingerprint density at radius 3 is 2.27 bits per heavy atom. The Labute approximate surface area is 176 Å². The average molecular weight is 429 g/mol. The van der Waals surface area contributed by atoms with E-state index in [1.807, 2.05) is 6.92 Å². The number of rotatable bonds is 7. The molecule has 0 aromatic heterocycles. The maximum absolute atomic E-state index is 12.8. The largest absolute Gasteiger partial charge is 0.462 e. The van der Waals surface area contributed by atoms with Crippen LogP contribution in [0, 0.1) is 10.1 Å². The van der Waals surface area contributed by atoms with Gasteiger partial charge in [-0.15, -0.1) is 0 Å². The first-order chi connectivity index (χ1) is 14.3. The van der Waals surface area contributed by atoms with Gasteiger partial charge in [0.1, 0.15) is 5.03 Å². The predicted molar refractivity (Wildman–Crippen MR) is 108 cm³/mol. The molecule has 154 valence electrons. The van der Waals surface area contributed by atoms with Crippen LogP contribution >= 0.6 is 11.6 Å². The van der Waals surface area contributed by atoms with Gasteiger partial charge in [0, 0.05) is 12.1 Å². The van der Waals surface area contributed by atoms with Crippen molar-refractivity contribution in [1.82, 2.24) is 4.90 Å². The molecular weight excluding hydrogens is 412 g/mol. The summed E-state index contributed by atoms with van der Waals surface area (Å²) < 4.78 is 5.06. The summed E-state index contributed by atoms with van der Waals surface area (Å²) in [6.45, 7) is 2.19. The lowest BCUT2D eigenvalue weighted by atomic mass is 10.1. The molecule has 0 saturated carbocycles. The van der Waals surface area contributed by atoms with Gasteiger partial charge in [0.25, 0.3) is 17.5 Å². The first-order valence-corrected chi connectivity index (χ1v) is 9.48. The number of nitro groups is 1. The highest BCUT2D eigenvalue weighted by Gasteiger charge is 2.38. The van der Waals surface area contributed by atoms with E-state index in [1.165, 1.54) is 24.3 Å². The smallest absolute Gasteiger partial charge is 0.338 e. The molecule has 1 heterocycles. The van der Waals surface area contributed by atoms with Crippen LogP contribution in [-0.4, -0.2) is 34.2 Å². The van der Waals surface area contributed by atoms with E-state index in [-0.39, 0.29) is 22.8 Å². The van der Waals surface area contributed by atoms with Crippen molar-refractivity contribution in [2.24, 2.45) is 0 Å². The van der Waals surface area contributed by atoms with Crippen molar-refractivity contribution >= 4 is 40.6 Å². The topological polar surface area (TPSA) is 107 Å².